The molecule has 0 bridgehead atoms. The predicted octanol–water partition coefficient (Wildman–Crippen LogP) is 4.02. The molecule has 0 saturated carbocycles. The Balaban J connectivity index is 1.70. The third-order valence-electron chi connectivity index (χ3n) is 5.89. The fraction of sp³-hybridized carbons (Fsp3) is 0.370. The zero-order valence-electron chi connectivity index (χ0n) is 19.7. The summed E-state index contributed by atoms with van der Waals surface area (Å²) in [7, 11) is 0. The number of alkyl carbamates (subject to hydrolysis) is 1. The number of carbonyl (C=O) groups excluding carboxylic acids is 2. The quantitative estimate of drug-likeness (QED) is 0.549. The van der Waals surface area contributed by atoms with E-state index < -0.39 is 18.1 Å². The van der Waals surface area contributed by atoms with Crippen molar-refractivity contribution in [3.05, 3.63) is 59.7 Å². The normalized spacial score (nSPS) is 12.7. The van der Waals surface area contributed by atoms with E-state index in [1.54, 1.807) is 20.8 Å². The number of aliphatic carboxylic acids is 1. The number of hydrogen-bond donors (Lipinski definition) is 2. The molecule has 7 heteroatoms. The van der Waals surface area contributed by atoms with Gasteiger partial charge in [0.25, 0.3) is 0 Å². The van der Waals surface area contributed by atoms with Crippen LogP contribution in [-0.2, 0) is 14.3 Å². The lowest BCUT2D eigenvalue weighted by atomic mass is 9.98. The Hall–Kier alpha value is -3.79. The fourth-order valence-electron chi connectivity index (χ4n) is 4.23. The molecule has 0 fully saturated rings. The number of nitrogens with zero attached hydrogens (tertiary/aromatic N) is 1. The largest absolute Gasteiger partial charge is 0.481 e. The van der Waals surface area contributed by atoms with Crippen molar-refractivity contribution in [2.24, 2.45) is 0 Å². The van der Waals surface area contributed by atoms with E-state index in [1.807, 2.05) is 36.4 Å². The van der Waals surface area contributed by atoms with Gasteiger partial charge in [0, 0.05) is 24.9 Å². The maximum atomic E-state index is 13.1. The molecule has 3 rings (SSSR count). The molecule has 7 nitrogen and oxygen atoms in total. The van der Waals surface area contributed by atoms with Gasteiger partial charge in [-0.2, -0.15) is 0 Å². The summed E-state index contributed by atoms with van der Waals surface area (Å²) in [6.07, 6.45) is -0.781. The molecule has 2 N–H and O–H groups in total. The van der Waals surface area contributed by atoms with Crippen molar-refractivity contribution >= 4 is 18.0 Å². The first-order chi connectivity index (χ1) is 16.3. The van der Waals surface area contributed by atoms with Gasteiger partial charge in [0.2, 0.25) is 5.91 Å². The van der Waals surface area contributed by atoms with Gasteiger partial charge < -0.3 is 20.1 Å². The number of carboxylic acid groups (broad SMARTS) is 1. The van der Waals surface area contributed by atoms with Crippen LogP contribution in [0, 0.1) is 11.8 Å². The van der Waals surface area contributed by atoms with Crippen LogP contribution >= 0.6 is 0 Å². The van der Waals surface area contributed by atoms with E-state index in [9.17, 15) is 14.4 Å². The van der Waals surface area contributed by atoms with Crippen LogP contribution in [0.5, 0.6) is 0 Å². The average molecular weight is 463 g/mol. The molecule has 0 spiro atoms. The number of amides is 2. The van der Waals surface area contributed by atoms with Gasteiger partial charge in [0.1, 0.15) is 12.6 Å². The molecule has 0 radical (unpaired) electrons. The van der Waals surface area contributed by atoms with E-state index in [0.717, 1.165) is 22.3 Å². The molecule has 0 saturated heterocycles. The van der Waals surface area contributed by atoms with Crippen LogP contribution in [-0.4, -0.2) is 53.2 Å². The summed E-state index contributed by atoms with van der Waals surface area (Å²) in [6.45, 7) is 5.44. The molecule has 2 aromatic carbocycles. The van der Waals surface area contributed by atoms with Crippen molar-refractivity contribution in [1.82, 2.24) is 10.2 Å². The molecular weight excluding hydrogens is 432 g/mol. The minimum atomic E-state index is -0.993. The van der Waals surface area contributed by atoms with E-state index in [4.69, 9.17) is 9.84 Å². The van der Waals surface area contributed by atoms with Gasteiger partial charge in [-0.05, 0) is 43.0 Å². The van der Waals surface area contributed by atoms with Gasteiger partial charge in [-0.3, -0.25) is 9.59 Å². The zero-order chi connectivity index (χ0) is 24.7. The third-order valence-corrected chi connectivity index (χ3v) is 5.89. The summed E-state index contributed by atoms with van der Waals surface area (Å²) in [6, 6.07) is 14.9. The number of carbonyl (C=O) groups is 3. The highest BCUT2D eigenvalue weighted by Gasteiger charge is 2.31. The zero-order valence-corrected chi connectivity index (χ0v) is 19.7. The highest BCUT2D eigenvalue weighted by Crippen LogP contribution is 2.44. The maximum absolute atomic E-state index is 13.1. The lowest BCUT2D eigenvalue weighted by molar-refractivity contribution is -0.139. The van der Waals surface area contributed by atoms with E-state index in [0.29, 0.717) is 0 Å². The second-order valence-corrected chi connectivity index (χ2v) is 8.42. The maximum Gasteiger partial charge on any atom is 0.407 e. The first kappa shape index (κ1) is 24.8. The molecule has 2 aromatic rings. The van der Waals surface area contributed by atoms with Gasteiger partial charge in [0.05, 0.1) is 6.42 Å². The molecule has 1 unspecified atom stereocenters. The van der Waals surface area contributed by atoms with Crippen molar-refractivity contribution in [3.63, 3.8) is 0 Å². The Bertz CT molecular complexity index is 1070. The second kappa shape index (κ2) is 11.4. The van der Waals surface area contributed by atoms with Gasteiger partial charge >= 0.3 is 12.1 Å². The van der Waals surface area contributed by atoms with Crippen LogP contribution in [0.15, 0.2) is 48.5 Å². The Morgan fingerprint density at radius 3 is 2.18 bits per heavy atom. The molecule has 2 amide bonds. The van der Waals surface area contributed by atoms with Crippen molar-refractivity contribution in [2.45, 2.75) is 51.6 Å². The minimum Gasteiger partial charge on any atom is -0.481 e. The van der Waals surface area contributed by atoms with Crippen LogP contribution < -0.4 is 5.32 Å². The fourth-order valence-corrected chi connectivity index (χ4v) is 4.23. The molecule has 0 heterocycles. The number of hydrogen-bond acceptors (Lipinski definition) is 4. The smallest absolute Gasteiger partial charge is 0.407 e. The average Bonchev–Trinajstić information content (AvgIpc) is 3.13. The highest BCUT2D eigenvalue weighted by atomic mass is 16.5. The molecule has 1 atom stereocenters. The van der Waals surface area contributed by atoms with Crippen LogP contribution in [0.3, 0.4) is 0 Å². The first-order valence-corrected chi connectivity index (χ1v) is 11.4. The molecule has 34 heavy (non-hydrogen) atoms. The summed E-state index contributed by atoms with van der Waals surface area (Å²) in [5, 5.41) is 11.7. The Morgan fingerprint density at radius 2 is 1.65 bits per heavy atom. The number of ether oxygens (including phenoxy) is 1. The molecule has 0 aliphatic heterocycles. The molecule has 178 valence electrons. The van der Waals surface area contributed by atoms with Gasteiger partial charge in [-0.15, -0.1) is 11.8 Å². The van der Waals surface area contributed by atoms with Gasteiger partial charge in [-0.1, -0.05) is 48.5 Å². The minimum absolute atomic E-state index is 0.0499. The SMILES string of the molecule is CC#CCC(NC(=O)OCC1c2ccccc2-c2ccccc21)C(=O)N(CCC(=O)O)C(C)C. The number of fused-ring (bicyclic) bond motifs is 3. The number of benzene rings is 2. The van der Waals surface area contributed by atoms with Crippen molar-refractivity contribution in [2.75, 3.05) is 13.2 Å². The van der Waals surface area contributed by atoms with E-state index in [-0.39, 0.29) is 43.9 Å². The summed E-state index contributed by atoms with van der Waals surface area (Å²) >= 11 is 0. The van der Waals surface area contributed by atoms with Gasteiger partial charge in [0.15, 0.2) is 0 Å². The summed E-state index contributed by atoms with van der Waals surface area (Å²) in [5.74, 6) is 4.10. The van der Waals surface area contributed by atoms with Crippen molar-refractivity contribution in [1.29, 1.82) is 0 Å². The number of nitrogens with one attached hydrogen (secondary N) is 1. The van der Waals surface area contributed by atoms with E-state index in [1.165, 1.54) is 4.90 Å². The Kier molecular flexibility index (Phi) is 8.31. The lowest BCUT2D eigenvalue weighted by Crippen LogP contribution is -2.51. The predicted molar refractivity (Wildman–Crippen MR) is 129 cm³/mol. The summed E-state index contributed by atoms with van der Waals surface area (Å²) in [4.78, 5) is 38.3. The third kappa shape index (κ3) is 5.76. The standard InChI is InChI=1S/C27H30N2O5/c1-4-5-14-24(26(32)29(18(2)3)16-15-25(30)31)28-27(33)34-17-23-21-12-8-6-10-19(21)20-11-7-9-13-22(20)23/h6-13,18,23-24H,14-17H2,1-3H3,(H,28,33)(H,30,31). The summed E-state index contributed by atoms with van der Waals surface area (Å²) in [5.41, 5.74) is 4.45. The highest BCUT2D eigenvalue weighted by molar-refractivity contribution is 5.86. The Labute approximate surface area is 200 Å². The summed E-state index contributed by atoms with van der Waals surface area (Å²) < 4.78 is 5.58. The number of rotatable bonds is 9. The first-order valence-electron chi connectivity index (χ1n) is 11.4. The molecular formula is C27H30N2O5. The molecule has 1 aliphatic carbocycles. The monoisotopic (exact) mass is 462 g/mol. The van der Waals surface area contributed by atoms with Crippen LogP contribution in [0.25, 0.3) is 11.1 Å². The van der Waals surface area contributed by atoms with Crippen LogP contribution in [0.1, 0.15) is 50.7 Å². The topological polar surface area (TPSA) is 95.9 Å². The van der Waals surface area contributed by atoms with Crippen LogP contribution in [0.4, 0.5) is 4.79 Å². The Morgan fingerprint density at radius 1 is 1.06 bits per heavy atom. The van der Waals surface area contributed by atoms with E-state index in [2.05, 4.69) is 29.3 Å². The van der Waals surface area contributed by atoms with Crippen LogP contribution in [0.2, 0.25) is 0 Å². The molecule has 0 aromatic heterocycles. The lowest BCUT2D eigenvalue weighted by Gasteiger charge is -2.30. The van der Waals surface area contributed by atoms with Crippen molar-refractivity contribution < 1.29 is 24.2 Å². The van der Waals surface area contributed by atoms with E-state index >= 15 is 0 Å². The van der Waals surface area contributed by atoms with Gasteiger partial charge in [-0.25, -0.2) is 4.79 Å². The number of carboxylic acids is 1. The second-order valence-electron chi connectivity index (χ2n) is 8.42. The van der Waals surface area contributed by atoms with Crippen molar-refractivity contribution in [3.8, 4) is 23.0 Å². The molecule has 1 aliphatic rings.